The lowest BCUT2D eigenvalue weighted by molar-refractivity contribution is -0.144. The number of halogens is 1. The van der Waals surface area contributed by atoms with Gasteiger partial charge in [-0.2, -0.15) is 0 Å². The first kappa shape index (κ1) is 10.3. The van der Waals surface area contributed by atoms with Crippen LogP contribution in [0.25, 0.3) is 0 Å². The molecule has 0 aromatic heterocycles. The zero-order chi connectivity index (χ0) is 11.0. The molecule has 1 aromatic carbocycles. The van der Waals surface area contributed by atoms with Crippen LogP contribution >= 0.6 is 15.9 Å². The van der Waals surface area contributed by atoms with E-state index < -0.39 is 12.1 Å². The molecule has 5 heteroatoms. The zero-order valence-electron chi connectivity index (χ0n) is 8.11. The summed E-state index contributed by atoms with van der Waals surface area (Å²) >= 11 is 3.32. The van der Waals surface area contributed by atoms with E-state index >= 15 is 0 Å². The Bertz CT molecular complexity index is 408. The SMILES string of the molecule is CN1CC(C(=O)O)Oc2cc(Br)ccc21. The molecule has 0 aliphatic carbocycles. The number of fused-ring (bicyclic) bond motifs is 1. The number of likely N-dealkylation sites (N-methyl/N-ethyl adjacent to an activating group) is 1. The van der Waals surface area contributed by atoms with Crippen molar-refractivity contribution in [2.45, 2.75) is 6.10 Å². The monoisotopic (exact) mass is 271 g/mol. The molecule has 1 aromatic rings. The Morgan fingerprint density at radius 1 is 1.67 bits per heavy atom. The molecule has 0 fully saturated rings. The number of hydrogen-bond acceptors (Lipinski definition) is 3. The zero-order valence-corrected chi connectivity index (χ0v) is 9.69. The largest absolute Gasteiger partial charge is 0.478 e. The van der Waals surface area contributed by atoms with E-state index in [9.17, 15) is 4.79 Å². The summed E-state index contributed by atoms with van der Waals surface area (Å²) in [5, 5.41) is 8.89. The topological polar surface area (TPSA) is 49.8 Å². The van der Waals surface area contributed by atoms with E-state index in [0.717, 1.165) is 10.2 Å². The summed E-state index contributed by atoms with van der Waals surface area (Å²) in [5.74, 6) is -0.335. The summed E-state index contributed by atoms with van der Waals surface area (Å²) in [4.78, 5) is 12.7. The highest BCUT2D eigenvalue weighted by Gasteiger charge is 2.28. The predicted molar refractivity (Wildman–Crippen MR) is 59.5 cm³/mol. The molecule has 1 aliphatic rings. The fourth-order valence-corrected chi connectivity index (χ4v) is 1.90. The first-order chi connectivity index (χ1) is 7.08. The summed E-state index contributed by atoms with van der Waals surface area (Å²) in [6.45, 7) is 0.365. The highest BCUT2D eigenvalue weighted by Crippen LogP contribution is 2.34. The molecule has 1 N–H and O–H groups in total. The molecule has 0 radical (unpaired) electrons. The van der Waals surface area contributed by atoms with Crippen LogP contribution in [0.1, 0.15) is 0 Å². The van der Waals surface area contributed by atoms with Crippen molar-refractivity contribution in [1.82, 2.24) is 0 Å². The van der Waals surface area contributed by atoms with Crippen LogP contribution < -0.4 is 9.64 Å². The number of nitrogens with zero attached hydrogens (tertiary/aromatic N) is 1. The van der Waals surface area contributed by atoms with E-state index in [1.54, 1.807) is 6.07 Å². The van der Waals surface area contributed by atoms with Crippen molar-refractivity contribution in [2.75, 3.05) is 18.5 Å². The van der Waals surface area contributed by atoms with Crippen LogP contribution in [0.5, 0.6) is 5.75 Å². The minimum atomic E-state index is -0.938. The number of anilines is 1. The minimum Gasteiger partial charge on any atom is -0.478 e. The van der Waals surface area contributed by atoms with E-state index in [4.69, 9.17) is 9.84 Å². The second kappa shape index (κ2) is 3.73. The molecule has 1 aliphatic heterocycles. The van der Waals surface area contributed by atoms with E-state index in [-0.39, 0.29) is 0 Å². The standard InChI is InChI=1S/C10H10BrNO3/c1-12-5-9(10(13)14)15-8-4-6(11)2-3-7(8)12/h2-4,9H,5H2,1H3,(H,13,14). The van der Waals surface area contributed by atoms with Crippen molar-refractivity contribution in [1.29, 1.82) is 0 Å². The van der Waals surface area contributed by atoms with Gasteiger partial charge < -0.3 is 14.7 Å². The minimum absolute atomic E-state index is 0.365. The number of ether oxygens (including phenoxy) is 1. The van der Waals surface area contributed by atoms with Crippen molar-refractivity contribution in [3.63, 3.8) is 0 Å². The molecule has 1 atom stereocenters. The maximum atomic E-state index is 10.8. The smallest absolute Gasteiger partial charge is 0.346 e. The van der Waals surface area contributed by atoms with Gasteiger partial charge in [-0.3, -0.25) is 0 Å². The molecule has 80 valence electrons. The van der Waals surface area contributed by atoms with Gasteiger partial charge >= 0.3 is 5.97 Å². The van der Waals surface area contributed by atoms with Crippen LogP contribution in [0.2, 0.25) is 0 Å². The number of aliphatic carboxylic acids is 1. The molecule has 0 saturated heterocycles. The van der Waals surface area contributed by atoms with E-state index in [1.165, 1.54) is 0 Å². The van der Waals surface area contributed by atoms with Crippen LogP contribution in [0, 0.1) is 0 Å². The second-order valence-electron chi connectivity index (χ2n) is 3.44. The van der Waals surface area contributed by atoms with Gasteiger partial charge in [-0.1, -0.05) is 15.9 Å². The Labute approximate surface area is 95.6 Å². The normalized spacial score (nSPS) is 19.3. The quantitative estimate of drug-likeness (QED) is 0.845. The third kappa shape index (κ3) is 1.92. The molecule has 1 unspecified atom stereocenters. The average molecular weight is 272 g/mol. The van der Waals surface area contributed by atoms with Gasteiger partial charge in [0.1, 0.15) is 5.75 Å². The second-order valence-corrected chi connectivity index (χ2v) is 4.35. The average Bonchev–Trinajstić information content (AvgIpc) is 2.16. The summed E-state index contributed by atoms with van der Waals surface area (Å²) in [6, 6.07) is 5.58. The number of carboxylic acid groups (broad SMARTS) is 1. The van der Waals surface area contributed by atoms with Crippen LogP contribution in [-0.2, 0) is 4.79 Å². The number of hydrogen-bond donors (Lipinski definition) is 1. The third-order valence-corrected chi connectivity index (χ3v) is 2.81. The van der Waals surface area contributed by atoms with E-state index in [0.29, 0.717) is 12.3 Å². The molecule has 0 saturated carbocycles. The number of rotatable bonds is 1. The van der Waals surface area contributed by atoms with E-state index in [1.807, 2.05) is 24.1 Å². The highest BCUT2D eigenvalue weighted by atomic mass is 79.9. The van der Waals surface area contributed by atoms with Crippen LogP contribution in [0.3, 0.4) is 0 Å². The molecule has 4 nitrogen and oxygen atoms in total. The summed E-state index contributed by atoms with van der Waals surface area (Å²) in [7, 11) is 1.85. The van der Waals surface area contributed by atoms with Gasteiger partial charge in [0.25, 0.3) is 0 Å². The van der Waals surface area contributed by atoms with Gasteiger partial charge in [-0.05, 0) is 18.2 Å². The van der Waals surface area contributed by atoms with Crippen molar-refractivity contribution >= 4 is 27.6 Å². The van der Waals surface area contributed by atoms with Gasteiger partial charge in [0.05, 0.1) is 12.2 Å². The molecule has 0 bridgehead atoms. The Balaban J connectivity index is 2.37. The Kier molecular flexibility index (Phi) is 2.56. The van der Waals surface area contributed by atoms with Crippen molar-refractivity contribution < 1.29 is 14.6 Å². The van der Waals surface area contributed by atoms with Gasteiger partial charge in [0.2, 0.25) is 6.10 Å². The van der Waals surface area contributed by atoms with Gasteiger partial charge in [0.15, 0.2) is 0 Å². The van der Waals surface area contributed by atoms with Gasteiger partial charge in [-0.25, -0.2) is 4.79 Å². The maximum absolute atomic E-state index is 10.8. The van der Waals surface area contributed by atoms with Crippen molar-refractivity contribution in [2.24, 2.45) is 0 Å². The van der Waals surface area contributed by atoms with Crippen molar-refractivity contribution in [3.05, 3.63) is 22.7 Å². The van der Waals surface area contributed by atoms with Gasteiger partial charge in [0, 0.05) is 11.5 Å². The maximum Gasteiger partial charge on any atom is 0.346 e. The molecule has 2 rings (SSSR count). The first-order valence-electron chi connectivity index (χ1n) is 4.48. The fourth-order valence-electron chi connectivity index (χ4n) is 1.56. The van der Waals surface area contributed by atoms with E-state index in [2.05, 4.69) is 15.9 Å². The fraction of sp³-hybridized carbons (Fsp3) is 0.300. The lowest BCUT2D eigenvalue weighted by atomic mass is 10.2. The summed E-state index contributed by atoms with van der Waals surface area (Å²) in [6.07, 6.45) is -0.795. The summed E-state index contributed by atoms with van der Waals surface area (Å²) in [5.41, 5.74) is 0.913. The number of carboxylic acids is 1. The molecular weight excluding hydrogens is 262 g/mol. The molecule has 0 spiro atoms. The molecule has 1 heterocycles. The number of carbonyl (C=O) groups is 1. The Hall–Kier alpha value is -1.23. The lowest BCUT2D eigenvalue weighted by Gasteiger charge is -2.31. The van der Waals surface area contributed by atoms with Crippen LogP contribution in [0.15, 0.2) is 22.7 Å². The Morgan fingerprint density at radius 3 is 3.07 bits per heavy atom. The highest BCUT2D eigenvalue weighted by molar-refractivity contribution is 9.10. The summed E-state index contributed by atoms with van der Waals surface area (Å²) < 4.78 is 6.25. The molecular formula is C10H10BrNO3. The van der Waals surface area contributed by atoms with Crippen LogP contribution in [0.4, 0.5) is 5.69 Å². The number of benzene rings is 1. The lowest BCUT2D eigenvalue weighted by Crippen LogP contribution is -2.42. The molecule has 0 amide bonds. The third-order valence-electron chi connectivity index (χ3n) is 2.32. The Morgan fingerprint density at radius 2 is 2.40 bits per heavy atom. The predicted octanol–water partition coefficient (Wildman–Crippen LogP) is 1.73. The van der Waals surface area contributed by atoms with Gasteiger partial charge in [-0.15, -0.1) is 0 Å². The van der Waals surface area contributed by atoms with Crippen molar-refractivity contribution in [3.8, 4) is 5.75 Å². The first-order valence-corrected chi connectivity index (χ1v) is 5.27. The van der Waals surface area contributed by atoms with Crippen LogP contribution in [-0.4, -0.2) is 30.8 Å². The molecule has 15 heavy (non-hydrogen) atoms.